The third kappa shape index (κ3) is 3.98. The average Bonchev–Trinajstić information content (AvgIpc) is 2.20. The summed E-state index contributed by atoms with van der Waals surface area (Å²) in [6.07, 6.45) is 6.30. The minimum absolute atomic E-state index is 0.133. The van der Waals surface area contributed by atoms with E-state index in [0.717, 1.165) is 18.9 Å². The summed E-state index contributed by atoms with van der Waals surface area (Å²) < 4.78 is 0. The molecular weight excluding hydrogens is 402 g/mol. The van der Waals surface area contributed by atoms with Crippen molar-refractivity contribution in [3.05, 3.63) is 11.1 Å². The van der Waals surface area contributed by atoms with E-state index in [1.165, 1.54) is 25.7 Å². The van der Waals surface area contributed by atoms with E-state index in [1.54, 1.807) is 0 Å². The van der Waals surface area contributed by atoms with E-state index in [2.05, 4.69) is 5.32 Å². The maximum Gasteiger partial charge on any atom is -0.0519 e. The molecule has 86 valence electrons. The van der Waals surface area contributed by atoms with E-state index in [0.29, 0.717) is 6.04 Å². The second kappa shape index (κ2) is 7.46. The van der Waals surface area contributed by atoms with Gasteiger partial charge in [-0.05, 0) is 0 Å². The molecule has 14 heavy (non-hydrogen) atoms. The molecule has 2 aliphatic rings. The molecule has 3 atom stereocenters. The first-order chi connectivity index (χ1) is 6.79. The number of piperidine rings is 1. The Kier molecular flexibility index (Phi) is 7.06. The minimum Gasteiger partial charge on any atom is -0.676 e. The fraction of sp³-hybridized carbons (Fsp3) is 1.00. The normalized spacial score (nSPS) is 36.9. The SMILES string of the molecule is [Cl][Pt+2][Cl].[NH-]C1CCCC2CCC[N-]C12. The molecule has 0 aromatic carbocycles. The first kappa shape index (κ1) is 13.3. The first-order valence-corrected chi connectivity index (χ1v) is 10.6. The van der Waals surface area contributed by atoms with Crippen molar-refractivity contribution >= 4 is 18.8 Å². The number of hydrogen-bond donors (Lipinski definition) is 0. The summed E-state index contributed by atoms with van der Waals surface area (Å²) >= 11 is -0.472. The molecule has 0 amide bonds. The second-order valence-corrected chi connectivity index (χ2v) is 7.16. The van der Waals surface area contributed by atoms with Gasteiger partial charge < -0.3 is 11.1 Å². The van der Waals surface area contributed by atoms with Gasteiger partial charge in [-0.3, -0.25) is 0 Å². The van der Waals surface area contributed by atoms with E-state index in [-0.39, 0.29) is 6.04 Å². The molecule has 0 radical (unpaired) electrons. The fourth-order valence-electron chi connectivity index (χ4n) is 2.46. The zero-order chi connectivity index (χ0) is 10.4. The number of fused-ring (bicyclic) bond motifs is 1. The predicted octanol–water partition coefficient (Wildman–Crippen LogP) is 4.12. The molecule has 1 heterocycles. The smallest absolute Gasteiger partial charge is 0.0519 e. The zero-order valence-electron chi connectivity index (χ0n) is 7.99. The van der Waals surface area contributed by atoms with Crippen molar-refractivity contribution in [3.63, 3.8) is 0 Å². The van der Waals surface area contributed by atoms with Crippen LogP contribution in [-0.4, -0.2) is 18.6 Å². The number of rotatable bonds is 0. The van der Waals surface area contributed by atoms with Crippen molar-refractivity contribution in [1.82, 2.24) is 0 Å². The number of nitrogens with zero attached hydrogens (tertiary/aromatic N) is 1. The van der Waals surface area contributed by atoms with Gasteiger partial charge in [0.2, 0.25) is 0 Å². The van der Waals surface area contributed by atoms with Crippen LogP contribution in [0.5, 0.6) is 0 Å². The molecule has 5 heteroatoms. The van der Waals surface area contributed by atoms with Crippen LogP contribution in [0.1, 0.15) is 32.1 Å². The van der Waals surface area contributed by atoms with Gasteiger partial charge in [-0.25, -0.2) is 0 Å². The van der Waals surface area contributed by atoms with E-state index >= 15 is 0 Å². The Balaban J connectivity index is 0.000000293. The van der Waals surface area contributed by atoms with Crippen LogP contribution < -0.4 is 0 Å². The maximum absolute atomic E-state index is 7.80. The Bertz CT molecular complexity index is 158. The van der Waals surface area contributed by atoms with Crippen LogP contribution >= 0.6 is 18.8 Å². The van der Waals surface area contributed by atoms with Crippen LogP contribution in [-0.2, 0) is 16.5 Å². The molecular formula is C9H16Cl2N2Pt. The molecule has 2 rings (SSSR count). The summed E-state index contributed by atoms with van der Waals surface area (Å²) in [5.74, 6) is 0.778. The van der Waals surface area contributed by atoms with Gasteiger partial charge in [-0.2, -0.15) is 12.1 Å². The molecule has 2 fully saturated rings. The summed E-state index contributed by atoms with van der Waals surface area (Å²) in [7, 11) is 9.75. The monoisotopic (exact) mass is 417 g/mol. The summed E-state index contributed by atoms with van der Waals surface area (Å²) in [5, 5.41) is 4.54. The Morgan fingerprint density at radius 2 is 1.79 bits per heavy atom. The summed E-state index contributed by atoms with van der Waals surface area (Å²) in [6.45, 7) is 1.02. The number of nitrogens with one attached hydrogen (secondary N) is 1. The van der Waals surface area contributed by atoms with E-state index < -0.39 is 16.5 Å². The molecule has 1 aliphatic carbocycles. The van der Waals surface area contributed by atoms with Gasteiger partial charge in [0.25, 0.3) is 0 Å². The van der Waals surface area contributed by atoms with Crippen LogP contribution in [0.4, 0.5) is 0 Å². The standard InChI is InChI=1S/C9H16N2.2ClH.Pt/c10-8-5-1-3-7-4-2-6-11-9(7)8;;;/h7-10H,1-6H2;2*1H;/q-2;;;+4/p-2. The predicted molar refractivity (Wildman–Crippen MR) is 58.4 cm³/mol. The van der Waals surface area contributed by atoms with Crippen molar-refractivity contribution < 1.29 is 16.5 Å². The topological polar surface area (TPSA) is 37.9 Å². The second-order valence-electron chi connectivity index (χ2n) is 3.88. The number of hydrogen-bond acceptors (Lipinski definition) is 0. The third-order valence-corrected chi connectivity index (χ3v) is 3.06. The molecule has 1 saturated heterocycles. The summed E-state index contributed by atoms with van der Waals surface area (Å²) in [5.41, 5.74) is 7.80. The summed E-state index contributed by atoms with van der Waals surface area (Å²) in [4.78, 5) is 0. The average molecular weight is 418 g/mol. The molecule has 0 aromatic rings. The van der Waals surface area contributed by atoms with Gasteiger partial charge >= 0.3 is 35.3 Å². The molecule has 1 saturated carbocycles. The van der Waals surface area contributed by atoms with Gasteiger partial charge in [0.15, 0.2) is 0 Å². The van der Waals surface area contributed by atoms with Gasteiger partial charge in [-0.1, -0.05) is 38.0 Å². The Labute approximate surface area is 103 Å². The van der Waals surface area contributed by atoms with Gasteiger partial charge in [0, 0.05) is 0 Å². The molecule has 3 unspecified atom stereocenters. The van der Waals surface area contributed by atoms with Crippen LogP contribution in [0.3, 0.4) is 0 Å². The molecule has 2 nitrogen and oxygen atoms in total. The van der Waals surface area contributed by atoms with Crippen LogP contribution in [0.2, 0.25) is 0 Å². The van der Waals surface area contributed by atoms with Crippen LogP contribution in [0.15, 0.2) is 0 Å². The largest absolute Gasteiger partial charge is 0.676 e. The van der Waals surface area contributed by atoms with Crippen molar-refractivity contribution in [2.75, 3.05) is 6.54 Å². The Morgan fingerprint density at radius 3 is 2.43 bits per heavy atom. The minimum atomic E-state index is -0.472. The third-order valence-electron chi connectivity index (χ3n) is 3.06. The summed E-state index contributed by atoms with van der Waals surface area (Å²) in [6, 6.07) is 0.548. The van der Waals surface area contributed by atoms with Gasteiger partial charge in [-0.15, -0.1) is 6.54 Å². The Hall–Kier alpha value is 1.19. The van der Waals surface area contributed by atoms with E-state index in [9.17, 15) is 0 Å². The zero-order valence-corrected chi connectivity index (χ0v) is 11.8. The maximum atomic E-state index is 7.80. The van der Waals surface area contributed by atoms with Crippen molar-refractivity contribution in [2.45, 2.75) is 44.2 Å². The van der Waals surface area contributed by atoms with Crippen molar-refractivity contribution in [3.8, 4) is 0 Å². The molecule has 0 spiro atoms. The van der Waals surface area contributed by atoms with Crippen LogP contribution in [0, 0.1) is 5.92 Å². The Morgan fingerprint density at radius 1 is 1.14 bits per heavy atom. The van der Waals surface area contributed by atoms with Gasteiger partial charge in [0.1, 0.15) is 0 Å². The molecule has 1 N–H and O–H groups in total. The van der Waals surface area contributed by atoms with E-state index in [4.69, 9.17) is 24.6 Å². The molecule has 0 aromatic heterocycles. The van der Waals surface area contributed by atoms with E-state index in [1.807, 2.05) is 0 Å². The van der Waals surface area contributed by atoms with Crippen LogP contribution in [0.25, 0.3) is 11.1 Å². The first-order valence-electron chi connectivity index (χ1n) is 4.99. The fourth-order valence-corrected chi connectivity index (χ4v) is 2.46. The quantitative estimate of drug-likeness (QED) is 0.568. The molecule has 1 aliphatic heterocycles. The van der Waals surface area contributed by atoms with Crippen molar-refractivity contribution in [2.24, 2.45) is 5.92 Å². The van der Waals surface area contributed by atoms with Crippen molar-refractivity contribution in [1.29, 1.82) is 0 Å². The number of halogens is 2. The van der Waals surface area contributed by atoms with Gasteiger partial charge in [0.05, 0.1) is 0 Å². The molecule has 0 bridgehead atoms.